The van der Waals surface area contributed by atoms with Crippen LogP contribution in [0, 0.1) is 0 Å². The van der Waals surface area contributed by atoms with Crippen molar-refractivity contribution >= 4 is 17.5 Å². The van der Waals surface area contributed by atoms with E-state index in [9.17, 15) is 9.59 Å². The highest BCUT2D eigenvalue weighted by molar-refractivity contribution is 6.00. The van der Waals surface area contributed by atoms with E-state index >= 15 is 0 Å². The maximum Gasteiger partial charge on any atom is 0.336 e. The molecule has 3 heterocycles. The van der Waals surface area contributed by atoms with Gasteiger partial charge in [0.1, 0.15) is 0 Å². The van der Waals surface area contributed by atoms with Gasteiger partial charge in [0, 0.05) is 23.2 Å². The first-order valence-electron chi connectivity index (χ1n) is 12.7. The van der Waals surface area contributed by atoms with Crippen molar-refractivity contribution in [3.63, 3.8) is 0 Å². The first-order valence-corrected chi connectivity index (χ1v) is 12.7. The minimum Gasteiger partial charge on any atom is -0.466 e. The maximum absolute atomic E-state index is 13.5. The summed E-state index contributed by atoms with van der Waals surface area (Å²) in [6.07, 6.45) is 8.53. The van der Waals surface area contributed by atoms with Gasteiger partial charge in [-0.25, -0.2) is 14.1 Å². The molecule has 0 spiro atoms. The Labute approximate surface area is 208 Å². The molecular formula is C28H39N3O4. The lowest BCUT2D eigenvalue weighted by atomic mass is 9.78. The van der Waals surface area contributed by atoms with Crippen molar-refractivity contribution in [2.75, 3.05) is 13.7 Å². The molecule has 0 aliphatic carbocycles. The van der Waals surface area contributed by atoms with Gasteiger partial charge in [-0.05, 0) is 38.3 Å². The molecule has 7 nitrogen and oxygen atoms in total. The van der Waals surface area contributed by atoms with Gasteiger partial charge < -0.3 is 14.8 Å². The molecule has 1 aliphatic heterocycles. The number of pyridine rings is 1. The Morgan fingerprint density at radius 2 is 1.69 bits per heavy atom. The van der Waals surface area contributed by atoms with Crippen LogP contribution < -0.4 is 5.32 Å². The number of allylic oxidation sites excluding steroid dienone is 2. The molecule has 2 aromatic rings. The number of nitrogens with one attached hydrogen (secondary N) is 1. The zero-order valence-electron chi connectivity index (χ0n) is 21.9. The first-order chi connectivity index (χ1) is 16.8. The van der Waals surface area contributed by atoms with Crippen LogP contribution in [-0.4, -0.2) is 35.3 Å². The second-order valence-electron chi connectivity index (χ2n) is 9.51. The molecule has 0 fully saturated rings. The fraction of sp³-hybridized carbons (Fsp3) is 0.536. The number of carbonyl (C=O) groups excluding carboxylic acids is 2. The van der Waals surface area contributed by atoms with Crippen LogP contribution in [0.4, 0.5) is 0 Å². The maximum atomic E-state index is 13.5. The molecule has 1 atom stereocenters. The first kappa shape index (κ1) is 26.5. The van der Waals surface area contributed by atoms with Gasteiger partial charge in [0.15, 0.2) is 0 Å². The molecule has 1 unspecified atom stereocenters. The lowest BCUT2D eigenvalue weighted by Crippen LogP contribution is -2.32. The number of aromatic nitrogens is 2. The van der Waals surface area contributed by atoms with Gasteiger partial charge in [-0.1, -0.05) is 58.9 Å². The molecule has 2 aromatic heterocycles. The Hall–Kier alpha value is -3.09. The van der Waals surface area contributed by atoms with Gasteiger partial charge in [-0.3, -0.25) is 0 Å². The summed E-state index contributed by atoms with van der Waals surface area (Å²) in [6.45, 7) is 10.4. The van der Waals surface area contributed by atoms with Gasteiger partial charge in [-0.15, -0.1) is 0 Å². The predicted octanol–water partition coefficient (Wildman–Crippen LogP) is 5.77. The summed E-state index contributed by atoms with van der Waals surface area (Å²) in [4.78, 5) is 26.5. The number of hydrogen-bond donors (Lipinski definition) is 1. The fourth-order valence-electron chi connectivity index (χ4n) is 4.82. The highest BCUT2D eigenvalue weighted by Crippen LogP contribution is 2.43. The number of esters is 2. The van der Waals surface area contributed by atoms with E-state index in [2.05, 4.69) is 26.1 Å². The number of carbonyl (C=O) groups is 2. The number of methoxy groups -OCH3 is 1. The van der Waals surface area contributed by atoms with Crippen molar-refractivity contribution in [2.45, 2.75) is 85.0 Å². The average molecular weight is 482 g/mol. The van der Waals surface area contributed by atoms with Crippen molar-refractivity contribution < 1.29 is 19.1 Å². The average Bonchev–Trinajstić information content (AvgIpc) is 3.22. The van der Waals surface area contributed by atoms with Crippen molar-refractivity contribution in [3.8, 4) is 0 Å². The third-order valence-corrected chi connectivity index (χ3v) is 6.56. The van der Waals surface area contributed by atoms with Crippen LogP contribution in [0.5, 0.6) is 0 Å². The van der Waals surface area contributed by atoms with Gasteiger partial charge in [0.05, 0.1) is 42.0 Å². The lowest BCUT2D eigenvalue weighted by molar-refractivity contribution is -0.139. The van der Waals surface area contributed by atoms with Gasteiger partial charge in [0.25, 0.3) is 0 Å². The Morgan fingerprint density at radius 3 is 2.34 bits per heavy atom. The Bertz CT molecular complexity index is 1130. The van der Waals surface area contributed by atoms with Crippen molar-refractivity contribution in [2.24, 2.45) is 0 Å². The largest absolute Gasteiger partial charge is 0.466 e. The van der Waals surface area contributed by atoms with E-state index in [1.807, 2.05) is 42.8 Å². The zero-order valence-corrected chi connectivity index (χ0v) is 21.9. The van der Waals surface area contributed by atoms with Crippen LogP contribution in [0.2, 0.25) is 0 Å². The standard InChI is InChI=1S/C28H39N3O4/c1-7-8-9-10-11-14-17-35-28(33)23-20(5)29-19(4)22(27(32)34-6)25(23)24-21-15-12-13-16-31(21)30-26(24)18(2)3/h12-13,15-16,18,25,29H,7-11,14,17H2,1-6H3. The number of fused-ring (bicyclic) bond motifs is 1. The van der Waals surface area contributed by atoms with Crippen LogP contribution in [0.25, 0.3) is 5.52 Å². The topological polar surface area (TPSA) is 81.9 Å². The minimum atomic E-state index is -0.641. The highest BCUT2D eigenvalue weighted by atomic mass is 16.5. The molecule has 7 heteroatoms. The van der Waals surface area contributed by atoms with E-state index in [4.69, 9.17) is 14.6 Å². The second kappa shape index (κ2) is 12.0. The molecule has 3 rings (SSSR count). The van der Waals surface area contributed by atoms with E-state index in [0.29, 0.717) is 29.1 Å². The molecule has 0 aromatic carbocycles. The summed E-state index contributed by atoms with van der Waals surface area (Å²) in [5.74, 6) is -1.44. The van der Waals surface area contributed by atoms with Gasteiger partial charge >= 0.3 is 11.9 Å². The number of hydrogen-bond acceptors (Lipinski definition) is 6. The Kier molecular flexibility index (Phi) is 9.13. The Balaban J connectivity index is 2.02. The lowest BCUT2D eigenvalue weighted by Gasteiger charge is -2.30. The number of ether oxygens (including phenoxy) is 2. The van der Waals surface area contributed by atoms with Crippen LogP contribution in [0.3, 0.4) is 0 Å². The number of dihydropyridines is 1. The predicted molar refractivity (Wildman–Crippen MR) is 137 cm³/mol. The fourth-order valence-corrected chi connectivity index (χ4v) is 4.82. The second-order valence-corrected chi connectivity index (χ2v) is 9.51. The number of rotatable bonds is 11. The van der Waals surface area contributed by atoms with Crippen LogP contribution in [0.15, 0.2) is 46.9 Å². The minimum absolute atomic E-state index is 0.0830. The van der Waals surface area contributed by atoms with Crippen LogP contribution in [0.1, 0.15) is 96.2 Å². The van der Waals surface area contributed by atoms with Crippen molar-refractivity contribution in [1.29, 1.82) is 0 Å². The van der Waals surface area contributed by atoms with Crippen molar-refractivity contribution in [3.05, 3.63) is 58.2 Å². The third kappa shape index (κ3) is 5.77. The van der Waals surface area contributed by atoms with Crippen LogP contribution >= 0.6 is 0 Å². The SMILES string of the molecule is CCCCCCCCOC(=O)C1=C(C)NC(C)=C(C(=O)OC)C1c1c(C(C)C)nn2ccccc12. The monoisotopic (exact) mass is 481 g/mol. The summed E-state index contributed by atoms with van der Waals surface area (Å²) >= 11 is 0. The molecule has 0 radical (unpaired) electrons. The molecule has 0 amide bonds. The normalized spacial score (nSPS) is 16.1. The number of nitrogens with zero attached hydrogens (tertiary/aromatic N) is 2. The molecule has 1 N–H and O–H groups in total. The summed E-state index contributed by atoms with van der Waals surface area (Å²) in [7, 11) is 1.36. The van der Waals surface area contributed by atoms with E-state index in [0.717, 1.165) is 36.0 Å². The highest BCUT2D eigenvalue weighted by Gasteiger charge is 2.41. The van der Waals surface area contributed by atoms with Crippen molar-refractivity contribution in [1.82, 2.24) is 14.9 Å². The number of unbranched alkanes of at least 4 members (excludes halogenated alkanes) is 5. The third-order valence-electron chi connectivity index (χ3n) is 6.56. The molecule has 190 valence electrons. The Morgan fingerprint density at radius 1 is 1.03 bits per heavy atom. The summed E-state index contributed by atoms with van der Waals surface area (Å²) in [6, 6.07) is 5.82. The summed E-state index contributed by atoms with van der Waals surface area (Å²) in [5.41, 5.74) is 4.72. The zero-order chi connectivity index (χ0) is 25.5. The molecule has 0 saturated heterocycles. The molecule has 35 heavy (non-hydrogen) atoms. The van der Waals surface area contributed by atoms with Crippen LogP contribution in [-0.2, 0) is 19.1 Å². The smallest absolute Gasteiger partial charge is 0.336 e. The van der Waals surface area contributed by atoms with E-state index in [1.165, 1.54) is 26.4 Å². The molecular weight excluding hydrogens is 442 g/mol. The summed E-state index contributed by atoms with van der Waals surface area (Å²) < 4.78 is 12.7. The quantitative estimate of drug-likeness (QED) is 0.324. The molecule has 0 saturated carbocycles. The summed E-state index contributed by atoms with van der Waals surface area (Å²) in [5, 5.41) is 8.03. The molecule has 0 bridgehead atoms. The van der Waals surface area contributed by atoms with E-state index in [1.54, 1.807) is 0 Å². The van der Waals surface area contributed by atoms with Gasteiger partial charge in [-0.2, -0.15) is 5.10 Å². The molecule has 1 aliphatic rings. The van der Waals surface area contributed by atoms with E-state index in [-0.39, 0.29) is 5.92 Å². The van der Waals surface area contributed by atoms with Gasteiger partial charge in [0.2, 0.25) is 0 Å². The van der Waals surface area contributed by atoms with E-state index < -0.39 is 17.9 Å².